The predicted octanol–water partition coefficient (Wildman–Crippen LogP) is 2.19. The van der Waals surface area contributed by atoms with Gasteiger partial charge in [0.1, 0.15) is 15.9 Å². The topological polar surface area (TPSA) is 63.5 Å². The molecule has 6 heteroatoms. The summed E-state index contributed by atoms with van der Waals surface area (Å²) in [5.41, 5.74) is 1.62. The van der Waals surface area contributed by atoms with E-state index in [4.69, 9.17) is 9.47 Å². The lowest BCUT2D eigenvalue weighted by atomic mass is 10.1. The molecule has 1 aromatic heterocycles. The highest BCUT2D eigenvalue weighted by atomic mass is 32.1. The van der Waals surface area contributed by atoms with E-state index in [-0.39, 0.29) is 15.9 Å². The third kappa shape index (κ3) is 2.85. The van der Waals surface area contributed by atoms with Gasteiger partial charge in [-0.2, -0.15) is 0 Å². The third-order valence-electron chi connectivity index (χ3n) is 2.92. The van der Waals surface area contributed by atoms with Crippen molar-refractivity contribution in [3.8, 4) is 11.5 Å². The van der Waals surface area contributed by atoms with Gasteiger partial charge in [-0.05, 0) is 35.5 Å². The zero-order valence-electron chi connectivity index (χ0n) is 11.2. The maximum Gasteiger partial charge on any atom is 0.160 e. The molecule has 0 unspecified atom stereocenters. The van der Waals surface area contributed by atoms with Gasteiger partial charge in [-0.25, -0.2) is 4.21 Å². The Balaban J connectivity index is 2.41. The van der Waals surface area contributed by atoms with E-state index in [0.29, 0.717) is 28.2 Å². The first kappa shape index (κ1) is 14.2. The van der Waals surface area contributed by atoms with Crippen molar-refractivity contribution in [3.05, 3.63) is 57.5 Å². The van der Waals surface area contributed by atoms with Crippen molar-refractivity contribution in [2.75, 3.05) is 14.2 Å². The second-order valence-electron chi connectivity index (χ2n) is 4.11. The zero-order chi connectivity index (χ0) is 14.5. The summed E-state index contributed by atoms with van der Waals surface area (Å²) < 4.78 is 22.2. The van der Waals surface area contributed by atoms with E-state index in [1.165, 1.54) is 6.20 Å². The first-order valence-corrected chi connectivity index (χ1v) is 6.65. The number of pyridine rings is 1. The standard InChI is InChI=1S/C14H14NO4S/c1-18-12-6-5-10(9-13(12)19-2)8-11-4-3-7-15(16)14(11)20-17/h3-7,9H,8H2,1-2H3/q-1. The van der Waals surface area contributed by atoms with Gasteiger partial charge in [-0.1, -0.05) is 12.1 Å². The average molecular weight is 292 g/mol. The van der Waals surface area contributed by atoms with Crippen LogP contribution in [0.4, 0.5) is 0 Å². The molecule has 0 aliphatic carbocycles. The lowest BCUT2D eigenvalue weighted by molar-refractivity contribution is 0.354. The van der Waals surface area contributed by atoms with E-state index in [2.05, 4.69) is 0 Å². The van der Waals surface area contributed by atoms with Crippen molar-refractivity contribution >= 4 is 11.3 Å². The molecule has 0 bridgehead atoms. The fraction of sp³-hybridized carbons (Fsp3) is 0.214. The monoisotopic (exact) mass is 292 g/mol. The largest absolute Gasteiger partial charge is 0.805 e. The Morgan fingerprint density at radius 1 is 1.20 bits per heavy atom. The normalized spacial score (nSPS) is 10.1. The molecule has 0 spiro atoms. The Morgan fingerprint density at radius 2 is 1.95 bits per heavy atom. The van der Waals surface area contributed by atoms with E-state index in [1.807, 2.05) is 12.1 Å². The van der Waals surface area contributed by atoms with Crippen molar-refractivity contribution in [3.63, 3.8) is 0 Å². The molecule has 106 valence electrons. The second-order valence-corrected chi connectivity index (χ2v) is 4.67. The first-order chi connectivity index (χ1) is 9.69. The van der Waals surface area contributed by atoms with Gasteiger partial charge in [0.05, 0.1) is 14.2 Å². The van der Waals surface area contributed by atoms with Crippen LogP contribution < -0.4 is 9.47 Å². The lowest BCUT2D eigenvalue weighted by Gasteiger charge is -2.13. The van der Waals surface area contributed by atoms with Gasteiger partial charge in [0.2, 0.25) is 0 Å². The quantitative estimate of drug-likeness (QED) is 0.810. The second kappa shape index (κ2) is 6.29. The molecule has 0 saturated heterocycles. The summed E-state index contributed by atoms with van der Waals surface area (Å²) >= 11 is 0.203. The number of nitrogens with zero attached hydrogens (tertiary/aromatic N) is 1. The zero-order valence-corrected chi connectivity index (χ0v) is 12.0. The summed E-state index contributed by atoms with van der Waals surface area (Å²) in [6.45, 7) is 0. The molecular weight excluding hydrogens is 278 g/mol. The molecule has 0 atom stereocenters. The molecule has 0 amide bonds. The van der Waals surface area contributed by atoms with Crippen LogP contribution in [0, 0.1) is 9.85 Å². The number of methoxy groups -OCH3 is 2. The number of hydrogen-bond acceptors (Lipinski definition) is 4. The summed E-state index contributed by atoms with van der Waals surface area (Å²) in [5.74, 6) is 1.26. The molecule has 0 N–H and O–H groups in total. The molecule has 0 radical (unpaired) electrons. The minimum absolute atomic E-state index is 0.169. The highest BCUT2D eigenvalue weighted by Gasteiger charge is 2.06. The molecule has 1 aromatic carbocycles. The van der Waals surface area contributed by atoms with Gasteiger partial charge >= 0.3 is 0 Å². The van der Waals surface area contributed by atoms with Crippen molar-refractivity contribution in [2.24, 2.45) is 0 Å². The highest BCUT2D eigenvalue weighted by molar-refractivity contribution is 7.56. The van der Waals surface area contributed by atoms with E-state index in [9.17, 15) is 9.42 Å². The van der Waals surface area contributed by atoms with E-state index in [0.717, 1.165) is 5.56 Å². The van der Waals surface area contributed by atoms with Gasteiger partial charge in [-0.15, -0.1) is 0 Å². The number of ether oxygens (including phenoxy) is 2. The fourth-order valence-electron chi connectivity index (χ4n) is 1.95. The third-order valence-corrected chi connectivity index (χ3v) is 3.52. The Kier molecular flexibility index (Phi) is 4.47. The summed E-state index contributed by atoms with van der Waals surface area (Å²) in [5, 5.41) is 11.5. The molecule has 1 heterocycles. The van der Waals surface area contributed by atoms with Crippen LogP contribution in [0.15, 0.2) is 36.5 Å². The fourth-order valence-corrected chi connectivity index (χ4v) is 2.33. The van der Waals surface area contributed by atoms with Gasteiger partial charge < -0.3 is 19.4 Å². The van der Waals surface area contributed by atoms with Crippen LogP contribution in [-0.2, 0) is 17.7 Å². The van der Waals surface area contributed by atoms with E-state index in [1.54, 1.807) is 32.4 Å². The van der Waals surface area contributed by atoms with Gasteiger partial charge in [0.15, 0.2) is 11.5 Å². The SMILES string of the molecule is COc1ccc(Cc2cccn([O-])c2=S=O)cc1OC. The Morgan fingerprint density at radius 3 is 2.60 bits per heavy atom. The van der Waals surface area contributed by atoms with E-state index >= 15 is 0 Å². The summed E-state index contributed by atoms with van der Waals surface area (Å²) in [6, 6.07) is 8.91. The average Bonchev–Trinajstić information content (AvgIpc) is 2.47. The first-order valence-electron chi connectivity index (χ1n) is 5.91. The van der Waals surface area contributed by atoms with Crippen LogP contribution in [0.5, 0.6) is 11.5 Å². The number of hydrogen-bond donors (Lipinski definition) is 0. The predicted molar refractivity (Wildman–Crippen MR) is 76.9 cm³/mol. The van der Waals surface area contributed by atoms with Crippen molar-refractivity contribution in [1.29, 1.82) is 0 Å². The lowest BCUT2D eigenvalue weighted by Crippen LogP contribution is -1.99. The smallest absolute Gasteiger partial charge is 0.160 e. The number of rotatable bonds is 4. The summed E-state index contributed by atoms with van der Waals surface area (Å²) in [6.07, 6.45) is 1.80. The van der Waals surface area contributed by atoms with Crippen LogP contribution in [-0.4, -0.2) is 23.2 Å². The molecule has 2 rings (SSSR count). The van der Waals surface area contributed by atoms with E-state index < -0.39 is 0 Å². The van der Waals surface area contributed by atoms with Gasteiger partial charge in [0.25, 0.3) is 0 Å². The Hall–Kier alpha value is -2.21. The molecule has 2 aromatic rings. The molecule has 20 heavy (non-hydrogen) atoms. The Labute approximate surface area is 120 Å². The van der Waals surface area contributed by atoms with Crippen LogP contribution >= 0.6 is 0 Å². The minimum atomic E-state index is 0.169. The van der Waals surface area contributed by atoms with Crippen LogP contribution in [0.2, 0.25) is 0 Å². The highest BCUT2D eigenvalue weighted by Crippen LogP contribution is 2.28. The number of aromatic nitrogens is 1. The maximum absolute atomic E-state index is 11.5. The van der Waals surface area contributed by atoms with Gasteiger partial charge in [-0.3, -0.25) is 0 Å². The molecule has 0 aliphatic heterocycles. The molecule has 0 aliphatic rings. The molecular formula is C14H14NO4S-. The van der Waals surface area contributed by atoms with Crippen LogP contribution in [0.3, 0.4) is 0 Å². The van der Waals surface area contributed by atoms with Crippen molar-refractivity contribution in [2.45, 2.75) is 6.42 Å². The molecule has 0 saturated carbocycles. The van der Waals surface area contributed by atoms with Crippen LogP contribution in [0.25, 0.3) is 0 Å². The molecule has 0 fully saturated rings. The van der Waals surface area contributed by atoms with Gasteiger partial charge in [0, 0.05) is 6.42 Å². The minimum Gasteiger partial charge on any atom is -0.805 e. The molecule has 5 nitrogen and oxygen atoms in total. The summed E-state index contributed by atoms with van der Waals surface area (Å²) in [4.78, 5) is 0. The van der Waals surface area contributed by atoms with Crippen LogP contribution in [0.1, 0.15) is 11.1 Å². The summed E-state index contributed by atoms with van der Waals surface area (Å²) in [7, 11) is 3.13. The van der Waals surface area contributed by atoms with Crippen molar-refractivity contribution in [1.82, 2.24) is 4.73 Å². The van der Waals surface area contributed by atoms with Crippen molar-refractivity contribution < 1.29 is 13.7 Å². The Bertz CT molecular complexity index is 705. The maximum atomic E-state index is 11.5. The number of benzene rings is 1.